The van der Waals surface area contributed by atoms with Crippen LogP contribution in [0.15, 0.2) is 0 Å². The van der Waals surface area contributed by atoms with E-state index < -0.39 is 42.4 Å². The highest BCUT2D eigenvalue weighted by molar-refractivity contribution is 5.73. The molecule has 1 saturated heterocycles. The van der Waals surface area contributed by atoms with E-state index in [1.165, 1.54) is 4.90 Å². The zero-order valence-corrected chi connectivity index (χ0v) is 15.3. The van der Waals surface area contributed by atoms with Gasteiger partial charge in [0.25, 0.3) is 0 Å². The molecule has 0 aromatic rings. The molecule has 2 atom stereocenters. The number of carboxylic acid groups (broad SMARTS) is 4. The van der Waals surface area contributed by atoms with Gasteiger partial charge in [0.05, 0.1) is 19.0 Å². The van der Waals surface area contributed by atoms with Crippen LogP contribution in [0.3, 0.4) is 0 Å². The van der Waals surface area contributed by atoms with Gasteiger partial charge in [0, 0.05) is 45.2 Å². The summed E-state index contributed by atoms with van der Waals surface area (Å²) in [6, 6.07) is -0.816. The van der Waals surface area contributed by atoms with Crippen molar-refractivity contribution in [3.63, 3.8) is 0 Å². The van der Waals surface area contributed by atoms with Gasteiger partial charge in [-0.25, -0.2) is 0 Å². The molecular formula is C16H27N3O8. The van der Waals surface area contributed by atoms with Gasteiger partial charge in [0.2, 0.25) is 0 Å². The Kier molecular flexibility index (Phi) is 9.12. The maximum Gasteiger partial charge on any atom is 0.317 e. The second kappa shape index (κ2) is 10.8. The Morgan fingerprint density at radius 3 is 2.00 bits per heavy atom. The molecule has 11 nitrogen and oxygen atoms in total. The number of likely N-dealkylation sites (N-methyl/N-ethyl adjacent to an activating group) is 1. The summed E-state index contributed by atoms with van der Waals surface area (Å²) in [5.74, 6) is -5.69. The van der Waals surface area contributed by atoms with Gasteiger partial charge in [0.15, 0.2) is 0 Å². The molecule has 11 heteroatoms. The van der Waals surface area contributed by atoms with Gasteiger partial charge in [-0.05, 0) is 13.5 Å². The highest BCUT2D eigenvalue weighted by Gasteiger charge is 2.36. The average molecular weight is 389 g/mol. The number of carbonyl (C=O) groups is 4. The second-order valence-electron chi connectivity index (χ2n) is 6.74. The topological polar surface area (TPSA) is 159 Å². The first-order chi connectivity index (χ1) is 12.6. The van der Waals surface area contributed by atoms with Crippen LogP contribution in [0.1, 0.15) is 12.8 Å². The number of hydrogen-bond donors (Lipinski definition) is 4. The zero-order valence-electron chi connectivity index (χ0n) is 15.3. The van der Waals surface area contributed by atoms with Crippen LogP contribution in [-0.2, 0) is 19.2 Å². The van der Waals surface area contributed by atoms with Crippen molar-refractivity contribution in [2.24, 2.45) is 5.92 Å². The summed E-state index contributed by atoms with van der Waals surface area (Å²) in [7, 11) is 1.82. The van der Waals surface area contributed by atoms with Crippen LogP contribution in [0.4, 0.5) is 0 Å². The quantitative estimate of drug-likeness (QED) is 0.369. The summed E-state index contributed by atoms with van der Waals surface area (Å²) >= 11 is 0. The van der Waals surface area contributed by atoms with E-state index in [-0.39, 0.29) is 32.5 Å². The Labute approximate surface area is 156 Å². The van der Waals surface area contributed by atoms with E-state index in [1.54, 1.807) is 4.90 Å². The van der Waals surface area contributed by atoms with E-state index in [4.69, 9.17) is 10.2 Å². The van der Waals surface area contributed by atoms with Crippen molar-refractivity contribution in [1.82, 2.24) is 14.7 Å². The van der Waals surface area contributed by atoms with Crippen molar-refractivity contribution >= 4 is 23.9 Å². The third-order valence-electron chi connectivity index (χ3n) is 4.63. The summed E-state index contributed by atoms with van der Waals surface area (Å²) in [4.78, 5) is 50.1. The summed E-state index contributed by atoms with van der Waals surface area (Å²) in [6.07, 6.45) is -0.532. The van der Waals surface area contributed by atoms with Crippen LogP contribution in [0.5, 0.6) is 0 Å². The van der Waals surface area contributed by atoms with Gasteiger partial charge in [-0.15, -0.1) is 0 Å². The standard InChI is InChI=1S/C16H27N3O8/c1-17-4-6-18(9-14(22)23)8-12(19(7-5-17)10-15(24)25)11(16(26)27)2-3-13(20)21/h11-12H,2-10H2,1H3,(H,20,21)(H,22,23)(H,24,25)(H,26,27). The molecule has 1 aliphatic heterocycles. The van der Waals surface area contributed by atoms with Crippen LogP contribution in [-0.4, -0.2) is 118 Å². The molecule has 0 spiro atoms. The third kappa shape index (κ3) is 8.33. The van der Waals surface area contributed by atoms with Crippen molar-refractivity contribution < 1.29 is 39.6 Å². The second-order valence-corrected chi connectivity index (χ2v) is 6.74. The predicted octanol–water partition coefficient (Wildman–Crippen LogP) is -1.36. The molecule has 0 bridgehead atoms. The maximum absolute atomic E-state index is 11.8. The normalized spacial score (nSPS) is 21.6. The van der Waals surface area contributed by atoms with Crippen LogP contribution >= 0.6 is 0 Å². The lowest BCUT2D eigenvalue weighted by atomic mass is 9.92. The SMILES string of the molecule is CN1CCN(CC(=O)O)CC(C(CCC(=O)O)C(=O)O)N(CC(=O)O)CC1. The molecule has 4 N–H and O–H groups in total. The highest BCUT2D eigenvalue weighted by Crippen LogP contribution is 2.20. The smallest absolute Gasteiger partial charge is 0.317 e. The largest absolute Gasteiger partial charge is 0.481 e. The van der Waals surface area contributed by atoms with Gasteiger partial charge in [-0.2, -0.15) is 0 Å². The fourth-order valence-corrected chi connectivity index (χ4v) is 3.21. The first-order valence-corrected chi connectivity index (χ1v) is 8.63. The molecule has 1 aliphatic rings. The molecular weight excluding hydrogens is 362 g/mol. The summed E-state index contributed by atoms with van der Waals surface area (Å²) in [6.45, 7) is 1.01. The first-order valence-electron chi connectivity index (χ1n) is 8.63. The molecule has 0 amide bonds. The number of aliphatic carboxylic acids is 4. The van der Waals surface area contributed by atoms with Crippen molar-refractivity contribution in [2.45, 2.75) is 18.9 Å². The van der Waals surface area contributed by atoms with Crippen LogP contribution in [0.25, 0.3) is 0 Å². The van der Waals surface area contributed by atoms with Crippen molar-refractivity contribution in [3.05, 3.63) is 0 Å². The molecule has 1 rings (SSSR count). The van der Waals surface area contributed by atoms with E-state index >= 15 is 0 Å². The lowest BCUT2D eigenvalue weighted by molar-refractivity contribution is -0.149. The van der Waals surface area contributed by atoms with Crippen LogP contribution < -0.4 is 0 Å². The predicted molar refractivity (Wildman–Crippen MR) is 92.6 cm³/mol. The molecule has 0 aliphatic carbocycles. The molecule has 0 radical (unpaired) electrons. The van der Waals surface area contributed by atoms with Crippen molar-refractivity contribution in [3.8, 4) is 0 Å². The molecule has 0 aromatic carbocycles. The number of carboxylic acids is 4. The van der Waals surface area contributed by atoms with Crippen molar-refractivity contribution in [2.75, 3.05) is 52.9 Å². The molecule has 0 saturated carbocycles. The Bertz CT molecular complexity index is 556. The Balaban J connectivity index is 3.19. The first kappa shape index (κ1) is 22.8. The Morgan fingerprint density at radius 2 is 1.48 bits per heavy atom. The van der Waals surface area contributed by atoms with E-state index in [0.717, 1.165) is 0 Å². The molecule has 154 valence electrons. The molecule has 0 aromatic heterocycles. The van der Waals surface area contributed by atoms with Crippen molar-refractivity contribution in [1.29, 1.82) is 0 Å². The summed E-state index contributed by atoms with van der Waals surface area (Å²) in [5, 5.41) is 36.9. The fourth-order valence-electron chi connectivity index (χ4n) is 3.21. The van der Waals surface area contributed by atoms with E-state index in [2.05, 4.69) is 0 Å². The lowest BCUT2D eigenvalue weighted by Crippen LogP contribution is -2.53. The minimum atomic E-state index is -1.22. The average Bonchev–Trinajstić information content (AvgIpc) is 2.59. The van der Waals surface area contributed by atoms with Crippen LogP contribution in [0, 0.1) is 5.92 Å². The Hall–Kier alpha value is -2.24. The zero-order chi connectivity index (χ0) is 20.6. The molecule has 27 heavy (non-hydrogen) atoms. The molecule has 1 heterocycles. The Morgan fingerprint density at radius 1 is 0.889 bits per heavy atom. The third-order valence-corrected chi connectivity index (χ3v) is 4.63. The van der Waals surface area contributed by atoms with Gasteiger partial charge in [-0.3, -0.25) is 29.0 Å². The van der Waals surface area contributed by atoms with Gasteiger partial charge < -0.3 is 25.3 Å². The summed E-state index contributed by atoms with van der Waals surface area (Å²) in [5.41, 5.74) is 0. The monoisotopic (exact) mass is 389 g/mol. The molecule has 2 unspecified atom stereocenters. The summed E-state index contributed by atoms with van der Waals surface area (Å²) < 4.78 is 0. The maximum atomic E-state index is 11.8. The number of rotatable bonds is 9. The number of nitrogens with zero attached hydrogens (tertiary/aromatic N) is 3. The lowest BCUT2D eigenvalue weighted by Gasteiger charge is -2.36. The van der Waals surface area contributed by atoms with E-state index in [9.17, 15) is 29.4 Å². The van der Waals surface area contributed by atoms with Gasteiger partial charge in [0.1, 0.15) is 0 Å². The van der Waals surface area contributed by atoms with E-state index in [0.29, 0.717) is 19.6 Å². The van der Waals surface area contributed by atoms with Gasteiger partial charge in [-0.1, -0.05) is 0 Å². The minimum Gasteiger partial charge on any atom is -0.481 e. The number of hydrogen-bond acceptors (Lipinski definition) is 7. The minimum absolute atomic E-state index is 0.0318. The van der Waals surface area contributed by atoms with Crippen LogP contribution in [0.2, 0.25) is 0 Å². The highest BCUT2D eigenvalue weighted by atomic mass is 16.4. The fraction of sp³-hybridized carbons (Fsp3) is 0.750. The van der Waals surface area contributed by atoms with Gasteiger partial charge >= 0.3 is 23.9 Å². The molecule has 1 fully saturated rings. The van der Waals surface area contributed by atoms with E-state index in [1.807, 2.05) is 11.9 Å².